The van der Waals surface area contributed by atoms with E-state index in [1.807, 2.05) is 5.32 Å². The van der Waals surface area contributed by atoms with E-state index in [1.54, 1.807) is 0 Å². The lowest BCUT2D eigenvalue weighted by molar-refractivity contribution is -0.150. The molecule has 2 atom stereocenters. The summed E-state index contributed by atoms with van der Waals surface area (Å²) in [6.07, 6.45) is -5.09. The first-order valence-corrected chi connectivity index (χ1v) is 13.2. The first kappa shape index (κ1) is 30.4. The zero-order valence-corrected chi connectivity index (χ0v) is 22.6. The number of oxazole rings is 1. The first-order chi connectivity index (χ1) is 20.2. The van der Waals surface area contributed by atoms with E-state index in [9.17, 15) is 31.5 Å². The van der Waals surface area contributed by atoms with Crippen molar-refractivity contribution in [2.75, 3.05) is 13.7 Å². The third kappa shape index (κ3) is 6.46. The number of ether oxygens (including phenoxy) is 1. The number of carbonyl (C=O) groups excluding carboxylic acids is 2. The van der Waals surface area contributed by atoms with Gasteiger partial charge in [-0.1, -0.05) is 6.07 Å². The summed E-state index contributed by atoms with van der Waals surface area (Å²) >= 11 is 0. The number of carbonyl (C=O) groups is 2. The molecule has 1 saturated carbocycles. The monoisotopic (exact) mass is 617 g/mol. The van der Waals surface area contributed by atoms with Gasteiger partial charge in [0.05, 0.1) is 13.7 Å². The molecule has 3 heterocycles. The van der Waals surface area contributed by atoms with E-state index < -0.39 is 72.9 Å². The minimum atomic E-state index is -4.61. The highest BCUT2D eigenvalue weighted by atomic mass is 19.4. The van der Waals surface area contributed by atoms with Crippen LogP contribution in [0.5, 0.6) is 5.88 Å². The molecule has 1 aliphatic heterocycles. The number of alkyl halides is 7. The molecule has 3 aromatic rings. The van der Waals surface area contributed by atoms with Crippen LogP contribution in [-0.2, 0) is 17.3 Å². The average molecular weight is 618 g/mol. The summed E-state index contributed by atoms with van der Waals surface area (Å²) in [7, 11) is 1.29. The van der Waals surface area contributed by atoms with Gasteiger partial charge in [0, 0.05) is 37.2 Å². The molecule has 16 heteroatoms. The van der Waals surface area contributed by atoms with Crippen molar-refractivity contribution >= 4 is 23.0 Å². The number of nitrogens with zero attached hydrogens (tertiary/aromatic N) is 3. The maximum Gasteiger partial charge on any atom is 0.410 e. The number of rotatable bonds is 8. The van der Waals surface area contributed by atoms with Gasteiger partial charge in [0.1, 0.15) is 17.6 Å². The minimum Gasteiger partial charge on any atom is -0.481 e. The molecule has 0 radical (unpaired) electrons. The molecule has 0 spiro atoms. The second kappa shape index (κ2) is 11.2. The van der Waals surface area contributed by atoms with Crippen LogP contribution in [0, 0.1) is 5.92 Å². The molecule has 1 aliphatic carbocycles. The number of pyridine rings is 1. The van der Waals surface area contributed by atoms with Gasteiger partial charge >= 0.3 is 18.1 Å². The Morgan fingerprint density at radius 1 is 1.19 bits per heavy atom. The number of hydrogen-bond acceptors (Lipinski definition) is 6. The first-order valence-electron chi connectivity index (χ1n) is 13.2. The highest BCUT2D eigenvalue weighted by molar-refractivity contribution is 5.85. The van der Waals surface area contributed by atoms with E-state index in [0.717, 1.165) is 23.2 Å². The summed E-state index contributed by atoms with van der Waals surface area (Å²) in [5, 5.41) is 4.11. The van der Waals surface area contributed by atoms with Gasteiger partial charge in [-0.2, -0.15) is 22.0 Å². The minimum absolute atomic E-state index is 0.0531. The smallest absolute Gasteiger partial charge is 0.410 e. The molecule has 2 aromatic heterocycles. The van der Waals surface area contributed by atoms with Gasteiger partial charge < -0.3 is 24.7 Å². The number of halogens is 7. The number of urea groups is 1. The lowest BCUT2D eigenvalue weighted by atomic mass is 9.81. The number of nitrogens with one attached hydrogen (secondary N) is 2. The van der Waals surface area contributed by atoms with Crippen LogP contribution in [0.4, 0.5) is 35.5 Å². The molecule has 2 unspecified atom stereocenters. The van der Waals surface area contributed by atoms with Crippen molar-refractivity contribution in [3.8, 4) is 5.88 Å². The van der Waals surface area contributed by atoms with Gasteiger partial charge in [0.15, 0.2) is 5.58 Å². The summed E-state index contributed by atoms with van der Waals surface area (Å²) < 4.78 is 108. The Hall–Kier alpha value is -4.11. The fraction of sp³-hybridized carbons (Fsp3) is 0.481. The van der Waals surface area contributed by atoms with Crippen LogP contribution in [0.2, 0.25) is 0 Å². The molecule has 43 heavy (non-hydrogen) atoms. The Labute approximate surface area is 239 Å². The molecule has 1 aromatic carbocycles. The summed E-state index contributed by atoms with van der Waals surface area (Å²) in [6.45, 7) is -0.778. The van der Waals surface area contributed by atoms with Crippen molar-refractivity contribution in [2.45, 2.75) is 62.3 Å². The third-order valence-electron chi connectivity index (χ3n) is 7.60. The Balaban J connectivity index is 1.39. The predicted molar refractivity (Wildman–Crippen MR) is 135 cm³/mol. The number of fused-ring (bicyclic) bond motifs is 1. The zero-order chi connectivity index (χ0) is 31.2. The number of aromatic nitrogens is 2. The Bertz CT molecular complexity index is 1490. The fourth-order valence-electron chi connectivity index (χ4n) is 5.18. The van der Waals surface area contributed by atoms with Gasteiger partial charge in [-0.3, -0.25) is 4.79 Å². The molecule has 2 N–H and O–H groups in total. The van der Waals surface area contributed by atoms with Crippen LogP contribution in [0.1, 0.15) is 48.7 Å². The normalized spacial score (nSPS) is 20.2. The van der Waals surface area contributed by atoms with Crippen molar-refractivity contribution in [1.82, 2.24) is 25.5 Å². The second-order valence-corrected chi connectivity index (χ2v) is 10.6. The standard InChI is InChI=1S/C27H26F7N5O4/c1-42-20-5-3-16(11-35-20)26(30,31)23(40)38-21(15-6-8-25(28,29)9-7-15)22-36-17-10-14(2-4-18(17)43-22)12-39-13-19(27(32,33)34)37-24(39)41/h2-5,10-11,15,19,21H,6-9,12-13H2,1H3,(H,37,41)(H,38,40). The van der Waals surface area contributed by atoms with E-state index >= 15 is 8.78 Å². The van der Waals surface area contributed by atoms with Gasteiger partial charge in [-0.05, 0) is 42.5 Å². The highest BCUT2D eigenvalue weighted by Crippen LogP contribution is 2.42. The van der Waals surface area contributed by atoms with Gasteiger partial charge in [-0.25, -0.2) is 23.5 Å². The number of benzene rings is 1. The Morgan fingerprint density at radius 2 is 1.91 bits per heavy atom. The van der Waals surface area contributed by atoms with Crippen LogP contribution in [0.3, 0.4) is 0 Å². The lowest BCUT2D eigenvalue weighted by Crippen LogP contribution is -2.43. The lowest BCUT2D eigenvalue weighted by Gasteiger charge is -2.33. The van der Waals surface area contributed by atoms with Crippen molar-refractivity contribution in [3.05, 3.63) is 53.5 Å². The largest absolute Gasteiger partial charge is 0.481 e. The number of methoxy groups -OCH3 is 1. The van der Waals surface area contributed by atoms with E-state index in [-0.39, 0.29) is 42.3 Å². The molecular formula is C27H26F7N5O4. The number of hydrogen-bond donors (Lipinski definition) is 2. The van der Waals surface area contributed by atoms with Crippen molar-refractivity contribution in [1.29, 1.82) is 0 Å². The quantitative estimate of drug-likeness (QED) is 0.325. The maximum absolute atomic E-state index is 15.2. The van der Waals surface area contributed by atoms with Crippen LogP contribution in [0.15, 0.2) is 40.9 Å². The van der Waals surface area contributed by atoms with Crippen molar-refractivity contribution < 1.29 is 49.5 Å². The summed E-state index contributed by atoms with van der Waals surface area (Å²) in [4.78, 5) is 33.9. The van der Waals surface area contributed by atoms with E-state index in [1.165, 1.54) is 25.3 Å². The molecule has 3 amide bonds. The topological polar surface area (TPSA) is 110 Å². The van der Waals surface area contributed by atoms with Crippen molar-refractivity contribution in [2.24, 2.45) is 5.92 Å². The van der Waals surface area contributed by atoms with E-state index in [0.29, 0.717) is 5.56 Å². The fourth-order valence-corrected chi connectivity index (χ4v) is 5.18. The van der Waals surface area contributed by atoms with E-state index in [2.05, 4.69) is 15.3 Å². The van der Waals surface area contributed by atoms with Crippen LogP contribution in [0.25, 0.3) is 11.1 Å². The zero-order valence-electron chi connectivity index (χ0n) is 22.6. The highest BCUT2D eigenvalue weighted by Gasteiger charge is 2.47. The van der Waals surface area contributed by atoms with Crippen molar-refractivity contribution in [3.63, 3.8) is 0 Å². The second-order valence-electron chi connectivity index (χ2n) is 10.6. The summed E-state index contributed by atoms with van der Waals surface area (Å²) in [5.41, 5.74) is 0.0117. The maximum atomic E-state index is 15.2. The van der Waals surface area contributed by atoms with E-state index in [4.69, 9.17) is 9.15 Å². The average Bonchev–Trinajstić information content (AvgIpc) is 3.54. The van der Waals surface area contributed by atoms with Gasteiger partial charge in [-0.15, -0.1) is 0 Å². The van der Waals surface area contributed by atoms with Gasteiger partial charge in [0.2, 0.25) is 17.7 Å². The third-order valence-corrected chi connectivity index (χ3v) is 7.60. The summed E-state index contributed by atoms with van der Waals surface area (Å²) in [6, 6.07) is 2.29. The van der Waals surface area contributed by atoms with Crippen LogP contribution in [-0.4, -0.2) is 58.6 Å². The molecule has 2 fully saturated rings. The Morgan fingerprint density at radius 3 is 2.51 bits per heavy atom. The molecule has 0 bridgehead atoms. The molecule has 9 nitrogen and oxygen atoms in total. The summed E-state index contributed by atoms with van der Waals surface area (Å²) in [5.74, 6) is -9.57. The molecule has 2 aliphatic rings. The van der Waals surface area contributed by atoms with Gasteiger partial charge in [0.25, 0.3) is 5.91 Å². The van der Waals surface area contributed by atoms with Crippen LogP contribution < -0.4 is 15.4 Å². The SMILES string of the molecule is COc1ccc(C(F)(F)C(=O)NC(c2nc3cc(CN4CC(C(F)(F)F)NC4=O)ccc3o2)C2CCC(F)(F)CC2)cn1. The van der Waals surface area contributed by atoms with Crippen LogP contribution >= 0.6 is 0 Å². The molecular weight excluding hydrogens is 591 g/mol. The molecule has 232 valence electrons. The number of amides is 3. The Kier molecular flexibility index (Phi) is 7.90. The molecule has 1 saturated heterocycles. The molecule has 5 rings (SSSR count). The predicted octanol–water partition coefficient (Wildman–Crippen LogP) is 5.46.